The minimum atomic E-state index is -0.357. The highest BCUT2D eigenvalue weighted by atomic mass is 19.1. The second kappa shape index (κ2) is 6.99. The third-order valence-electron chi connectivity index (χ3n) is 4.41. The lowest BCUT2D eigenvalue weighted by Crippen LogP contribution is -3.27. The maximum atomic E-state index is 13.7. The van der Waals surface area contributed by atoms with Crippen LogP contribution in [0.2, 0.25) is 0 Å². The van der Waals surface area contributed by atoms with Crippen molar-refractivity contribution in [2.45, 2.75) is 13.1 Å². The number of quaternary nitrogens is 2. The zero-order valence-corrected chi connectivity index (χ0v) is 12.6. The van der Waals surface area contributed by atoms with Crippen molar-refractivity contribution in [1.82, 2.24) is 0 Å². The molecule has 1 aliphatic heterocycles. The summed E-state index contributed by atoms with van der Waals surface area (Å²) >= 11 is 0. The van der Waals surface area contributed by atoms with Gasteiger partial charge in [0, 0.05) is 11.1 Å². The summed E-state index contributed by atoms with van der Waals surface area (Å²) in [5.74, 6) is -0.655. The summed E-state index contributed by atoms with van der Waals surface area (Å²) in [5.41, 5.74) is 1.85. The topological polar surface area (TPSA) is 8.88 Å². The smallest absolute Gasteiger partial charge is 0.132 e. The minimum Gasteiger partial charge on any atom is -0.322 e. The van der Waals surface area contributed by atoms with E-state index in [1.165, 1.54) is 28.7 Å². The number of rotatable bonds is 4. The van der Waals surface area contributed by atoms with Gasteiger partial charge in [0.2, 0.25) is 0 Å². The van der Waals surface area contributed by atoms with Crippen LogP contribution < -0.4 is 9.80 Å². The van der Waals surface area contributed by atoms with Gasteiger partial charge in [-0.15, -0.1) is 0 Å². The zero-order valence-electron chi connectivity index (χ0n) is 12.6. The van der Waals surface area contributed by atoms with E-state index in [9.17, 15) is 8.78 Å². The molecule has 2 N–H and O–H groups in total. The van der Waals surface area contributed by atoms with Crippen LogP contribution in [0.3, 0.4) is 0 Å². The van der Waals surface area contributed by atoms with Crippen LogP contribution in [0.25, 0.3) is 0 Å². The molecular weight excluding hydrogens is 282 g/mol. The van der Waals surface area contributed by atoms with Crippen molar-refractivity contribution in [2.75, 3.05) is 26.2 Å². The second-order valence-electron chi connectivity index (χ2n) is 6.07. The summed E-state index contributed by atoms with van der Waals surface area (Å²) in [6.07, 6.45) is 0. The second-order valence-corrected chi connectivity index (χ2v) is 6.07. The van der Waals surface area contributed by atoms with Gasteiger partial charge in [-0.1, -0.05) is 30.3 Å². The van der Waals surface area contributed by atoms with Crippen molar-refractivity contribution in [3.8, 4) is 0 Å². The fraction of sp³-hybridized carbons (Fsp3) is 0.333. The van der Waals surface area contributed by atoms with E-state index in [2.05, 4.69) is 24.3 Å². The summed E-state index contributed by atoms with van der Waals surface area (Å²) in [6, 6.07) is 14.2. The highest BCUT2D eigenvalue weighted by Gasteiger charge is 2.24. The monoisotopic (exact) mass is 304 g/mol. The molecule has 0 radical (unpaired) electrons. The molecule has 1 fully saturated rings. The number of piperazine rings is 1. The Bertz CT molecular complexity index is 608. The predicted molar refractivity (Wildman–Crippen MR) is 81.6 cm³/mol. The van der Waals surface area contributed by atoms with Gasteiger partial charge in [0.1, 0.15) is 50.9 Å². The minimum absolute atomic E-state index is 0.298. The largest absolute Gasteiger partial charge is 0.322 e. The Morgan fingerprint density at radius 3 is 2.09 bits per heavy atom. The van der Waals surface area contributed by atoms with E-state index in [-0.39, 0.29) is 11.6 Å². The molecule has 0 aromatic heterocycles. The molecule has 0 unspecified atom stereocenters. The van der Waals surface area contributed by atoms with Crippen LogP contribution in [0.5, 0.6) is 0 Å². The number of hydrogen-bond donors (Lipinski definition) is 2. The lowest BCUT2D eigenvalue weighted by Gasteiger charge is -2.29. The molecule has 0 aliphatic carbocycles. The average molecular weight is 304 g/mol. The van der Waals surface area contributed by atoms with Crippen molar-refractivity contribution in [3.63, 3.8) is 0 Å². The van der Waals surface area contributed by atoms with Crippen molar-refractivity contribution in [3.05, 3.63) is 71.3 Å². The molecule has 2 nitrogen and oxygen atoms in total. The maximum Gasteiger partial charge on any atom is 0.132 e. The highest BCUT2D eigenvalue weighted by molar-refractivity contribution is 5.17. The van der Waals surface area contributed by atoms with Crippen LogP contribution in [-0.4, -0.2) is 26.2 Å². The van der Waals surface area contributed by atoms with Gasteiger partial charge in [0.15, 0.2) is 0 Å². The van der Waals surface area contributed by atoms with Gasteiger partial charge >= 0.3 is 0 Å². The fourth-order valence-corrected chi connectivity index (χ4v) is 3.14. The lowest BCUT2D eigenvalue weighted by atomic mass is 10.1. The van der Waals surface area contributed by atoms with Crippen LogP contribution in [0, 0.1) is 11.6 Å². The predicted octanol–water partition coefficient (Wildman–Crippen LogP) is 0.448. The van der Waals surface area contributed by atoms with Gasteiger partial charge in [0.05, 0.1) is 0 Å². The van der Waals surface area contributed by atoms with Crippen molar-refractivity contribution in [1.29, 1.82) is 0 Å². The summed E-state index contributed by atoms with van der Waals surface area (Å²) < 4.78 is 26.9. The van der Waals surface area contributed by atoms with E-state index in [0.29, 0.717) is 12.1 Å². The van der Waals surface area contributed by atoms with Crippen molar-refractivity contribution in [2.24, 2.45) is 0 Å². The first-order valence-corrected chi connectivity index (χ1v) is 7.86. The van der Waals surface area contributed by atoms with Gasteiger partial charge in [-0.2, -0.15) is 0 Å². The molecule has 0 bridgehead atoms. The lowest BCUT2D eigenvalue weighted by molar-refractivity contribution is -1.02. The van der Waals surface area contributed by atoms with E-state index >= 15 is 0 Å². The molecule has 22 heavy (non-hydrogen) atoms. The Morgan fingerprint density at radius 1 is 0.773 bits per heavy atom. The molecule has 1 saturated heterocycles. The Morgan fingerprint density at radius 2 is 1.41 bits per heavy atom. The first-order chi connectivity index (χ1) is 10.7. The van der Waals surface area contributed by atoms with Gasteiger partial charge < -0.3 is 9.80 Å². The summed E-state index contributed by atoms with van der Waals surface area (Å²) in [5, 5.41) is 0. The number of benzene rings is 2. The summed E-state index contributed by atoms with van der Waals surface area (Å²) in [4.78, 5) is 2.90. The normalized spacial score (nSPS) is 21.7. The standard InChI is InChI=1S/C18H20F2N2/c19-17-6-7-18(20)16(12-17)14-22-10-8-21(9-11-22)13-15-4-2-1-3-5-15/h1-7,12H,8-11,13-14H2/p+2. The number of nitrogens with one attached hydrogen (secondary N) is 2. The van der Waals surface area contributed by atoms with E-state index < -0.39 is 0 Å². The van der Waals surface area contributed by atoms with Crippen molar-refractivity contribution >= 4 is 0 Å². The van der Waals surface area contributed by atoms with Crippen LogP contribution >= 0.6 is 0 Å². The van der Waals surface area contributed by atoms with Gasteiger partial charge in [-0.3, -0.25) is 0 Å². The van der Waals surface area contributed by atoms with Gasteiger partial charge in [0.25, 0.3) is 0 Å². The van der Waals surface area contributed by atoms with E-state index in [1.54, 1.807) is 4.90 Å². The molecular formula is C18H22F2N2+2. The van der Waals surface area contributed by atoms with Crippen molar-refractivity contribution < 1.29 is 18.6 Å². The molecule has 1 aliphatic rings. The van der Waals surface area contributed by atoms with Crippen LogP contribution in [0.4, 0.5) is 8.78 Å². The SMILES string of the molecule is Fc1ccc(F)c(C[NH+]2CC[NH+](Cc3ccccc3)CC2)c1. The molecule has 0 atom stereocenters. The van der Waals surface area contributed by atoms with Gasteiger partial charge in [-0.05, 0) is 18.2 Å². The summed E-state index contributed by atoms with van der Waals surface area (Å²) in [6.45, 7) is 5.75. The fourth-order valence-electron chi connectivity index (χ4n) is 3.14. The van der Waals surface area contributed by atoms with Crippen LogP contribution in [0.15, 0.2) is 48.5 Å². The molecule has 0 saturated carbocycles. The summed E-state index contributed by atoms with van der Waals surface area (Å²) in [7, 11) is 0. The first kappa shape index (κ1) is 15.1. The number of hydrogen-bond acceptors (Lipinski definition) is 0. The quantitative estimate of drug-likeness (QED) is 0.812. The maximum absolute atomic E-state index is 13.7. The molecule has 116 valence electrons. The van der Waals surface area contributed by atoms with Crippen LogP contribution in [-0.2, 0) is 13.1 Å². The Kier molecular flexibility index (Phi) is 4.80. The first-order valence-electron chi connectivity index (χ1n) is 7.86. The zero-order chi connectivity index (χ0) is 15.4. The molecule has 2 aromatic carbocycles. The van der Waals surface area contributed by atoms with Crippen LogP contribution in [0.1, 0.15) is 11.1 Å². The average Bonchev–Trinajstić information content (AvgIpc) is 2.54. The Balaban J connectivity index is 1.52. The third kappa shape index (κ3) is 3.90. The van der Waals surface area contributed by atoms with E-state index in [0.717, 1.165) is 32.7 Å². The highest BCUT2D eigenvalue weighted by Crippen LogP contribution is 2.08. The number of halogens is 2. The van der Waals surface area contributed by atoms with E-state index in [4.69, 9.17) is 0 Å². The molecule has 0 spiro atoms. The molecule has 2 aromatic rings. The Labute approximate surface area is 130 Å². The molecule has 4 heteroatoms. The van der Waals surface area contributed by atoms with E-state index in [1.807, 2.05) is 6.07 Å². The van der Waals surface area contributed by atoms with Gasteiger partial charge in [-0.25, -0.2) is 8.78 Å². The Hall–Kier alpha value is -1.78. The molecule has 1 heterocycles. The molecule has 3 rings (SSSR count). The third-order valence-corrected chi connectivity index (χ3v) is 4.41. The molecule has 0 amide bonds.